The second kappa shape index (κ2) is 5.61. The van der Waals surface area contributed by atoms with Gasteiger partial charge in [-0.05, 0) is 31.0 Å². The number of carboxylic acids is 1. The molecule has 0 saturated heterocycles. The second-order valence-corrected chi connectivity index (χ2v) is 7.62. The summed E-state index contributed by atoms with van der Waals surface area (Å²) in [6.45, 7) is 6.05. The summed E-state index contributed by atoms with van der Waals surface area (Å²) in [5.74, 6) is -0.526. The molecule has 0 spiro atoms. The Morgan fingerprint density at radius 3 is 2.58 bits per heavy atom. The maximum atomic E-state index is 12.2. The summed E-state index contributed by atoms with van der Waals surface area (Å²) >= 11 is 0. The Morgan fingerprint density at radius 1 is 1.33 bits per heavy atom. The van der Waals surface area contributed by atoms with Gasteiger partial charge in [0.2, 0.25) is 11.8 Å². The summed E-state index contributed by atoms with van der Waals surface area (Å²) in [6.07, 6.45) is 1.99. The highest BCUT2D eigenvalue weighted by Gasteiger charge is 2.45. The van der Waals surface area contributed by atoms with Gasteiger partial charge in [-0.1, -0.05) is 27.2 Å². The number of oxazole rings is 1. The number of nitrogens with one attached hydrogen (secondary N) is 1. The fraction of sp³-hybridized carbons (Fsp3) is 0.500. The Bertz CT molecular complexity index is 797. The first-order chi connectivity index (χ1) is 11.2. The number of fused-ring (bicyclic) bond motifs is 1. The van der Waals surface area contributed by atoms with Crippen LogP contribution in [-0.2, 0) is 15.0 Å². The normalized spacial score (nSPS) is 16.6. The highest BCUT2D eigenvalue weighted by atomic mass is 16.4. The standard InChI is InChI=1S/C18H22N2O4/c1-17(2,3)15-20-12-9-11(5-6-13(12)24-15)19-14(21)10-18(16(22)23)7-4-8-18/h5-6,9H,4,7-8,10H2,1-3H3,(H,19,21)(H,22,23). The first-order valence-corrected chi connectivity index (χ1v) is 8.14. The zero-order valence-electron chi connectivity index (χ0n) is 14.2. The van der Waals surface area contributed by atoms with E-state index in [0.29, 0.717) is 35.5 Å². The molecule has 6 nitrogen and oxygen atoms in total. The smallest absolute Gasteiger partial charge is 0.310 e. The first-order valence-electron chi connectivity index (χ1n) is 8.14. The van der Waals surface area contributed by atoms with E-state index in [1.807, 2.05) is 20.8 Å². The lowest BCUT2D eigenvalue weighted by Crippen LogP contribution is -2.41. The van der Waals surface area contributed by atoms with Gasteiger partial charge in [-0.3, -0.25) is 9.59 Å². The molecule has 1 aromatic carbocycles. The van der Waals surface area contributed by atoms with Gasteiger partial charge < -0.3 is 14.8 Å². The molecule has 2 N–H and O–H groups in total. The molecule has 1 amide bonds. The van der Waals surface area contributed by atoms with Gasteiger partial charge in [0.1, 0.15) is 5.52 Å². The number of carbonyl (C=O) groups is 2. The number of nitrogens with zero attached hydrogens (tertiary/aromatic N) is 1. The van der Waals surface area contributed by atoms with Crippen LogP contribution in [0.4, 0.5) is 5.69 Å². The quantitative estimate of drug-likeness (QED) is 0.891. The number of carbonyl (C=O) groups excluding carboxylic acids is 1. The zero-order chi connectivity index (χ0) is 17.5. The monoisotopic (exact) mass is 330 g/mol. The molecule has 3 rings (SSSR count). The fourth-order valence-corrected chi connectivity index (χ4v) is 2.91. The molecule has 0 atom stereocenters. The van der Waals surface area contributed by atoms with Crippen molar-refractivity contribution in [3.63, 3.8) is 0 Å². The average molecular weight is 330 g/mol. The molecule has 0 unspecified atom stereocenters. The summed E-state index contributed by atoms with van der Waals surface area (Å²) in [5.41, 5.74) is 0.858. The number of amides is 1. The van der Waals surface area contributed by atoms with Crippen LogP contribution < -0.4 is 5.32 Å². The van der Waals surface area contributed by atoms with Crippen molar-refractivity contribution in [2.75, 3.05) is 5.32 Å². The topological polar surface area (TPSA) is 92.4 Å². The SMILES string of the molecule is CC(C)(C)c1nc2cc(NC(=O)CC3(C(=O)O)CCC3)ccc2o1. The van der Waals surface area contributed by atoms with E-state index >= 15 is 0 Å². The van der Waals surface area contributed by atoms with Crippen molar-refractivity contribution in [2.24, 2.45) is 5.41 Å². The third kappa shape index (κ3) is 3.00. The van der Waals surface area contributed by atoms with Crippen LogP contribution in [0.2, 0.25) is 0 Å². The van der Waals surface area contributed by atoms with E-state index in [0.717, 1.165) is 6.42 Å². The third-order valence-corrected chi connectivity index (χ3v) is 4.58. The number of aromatic nitrogens is 1. The predicted molar refractivity (Wildman–Crippen MR) is 89.9 cm³/mol. The van der Waals surface area contributed by atoms with Gasteiger partial charge >= 0.3 is 5.97 Å². The van der Waals surface area contributed by atoms with Crippen LogP contribution in [0.25, 0.3) is 11.1 Å². The fourth-order valence-electron chi connectivity index (χ4n) is 2.91. The van der Waals surface area contributed by atoms with Crippen LogP contribution in [-0.4, -0.2) is 22.0 Å². The van der Waals surface area contributed by atoms with Crippen molar-refractivity contribution in [1.29, 1.82) is 0 Å². The van der Waals surface area contributed by atoms with Crippen LogP contribution in [0, 0.1) is 5.41 Å². The van der Waals surface area contributed by atoms with E-state index in [4.69, 9.17) is 4.42 Å². The van der Waals surface area contributed by atoms with Crippen molar-refractivity contribution >= 4 is 28.7 Å². The number of anilines is 1. The molecule has 0 aliphatic heterocycles. The number of aliphatic carboxylic acids is 1. The Morgan fingerprint density at radius 2 is 2.04 bits per heavy atom. The number of rotatable bonds is 4. The molecule has 0 radical (unpaired) electrons. The van der Waals surface area contributed by atoms with Crippen molar-refractivity contribution in [3.8, 4) is 0 Å². The van der Waals surface area contributed by atoms with Crippen molar-refractivity contribution < 1.29 is 19.1 Å². The Balaban J connectivity index is 1.75. The minimum Gasteiger partial charge on any atom is -0.481 e. The van der Waals surface area contributed by atoms with Crippen LogP contribution in [0.5, 0.6) is 0 Å². The molecule has 0 bridgehead atoms. The lowest BCUT2D eigenvalue weighted by atomic mass is 9.66. The number of carboxylic acid groups (broad SMARTS) is 1. The second-order valence-electron chi connectivity index (χ2n) is 7.62. The molecule has 128 valence electrons. The van der Waals surface area contributed by atoms with Gasteiger partial charge in [-0.15, -0.1) is 0 Å². The highest BCUT2D eigenvalue weighted by Crippen LogP contribution is 2.44. The zero-order valence-corrected chi connectivity index (χ0v) is 14.2. The molecule has 24 heavy (non-hydrogen) atoms. The first kappa shape index (κ1) is 16.5. The van der Waals surface area contributed by atoms with E-state index in [-0.39, 0.29) is 17.7 Å². The molecule has 1 aromatic heterocycles. The van der Waals surface area contributed by atoms with Crippen LogP contribution in [0.3, 0.4) is 0 Å². The van der Waals surface area contributed by atoms with Gasteiger partial charge in [0.15, 0.2) is 5.58 Å². The maximum absolute atomic E-state index is 12.2. The van der Waals surface area contributed by atoms with Crippen LogP contribution >= 0.6 is 0 Å². The number of hydrogen-bond acceptors (Lipinski definition) is 4. The van der Waals surface area contributed by atoms with Crippen LogP contribution in [0.15, 0.2) is 22.6 Å². The van der Waals surface area contributed by atoms with Gasteiger partial charge in [0, 0.05) is 17.5 Å². The van der Waals surface area contributed by atoms with Crippen molar-refractivity contribution in [1.82, 2.24) is 4.98 Å². The summed E-state index contributed by atoms with van der Waals surface area (Å²) in [6, 6.07) is 5.26. The molecule has 1 fully saturated rings. The molecule has 1 heterocycles. The lowest BCUT2D eigenvalue weighted by molar-refractivity contribution is -0.157. The van der Waals surface area contributed by atoms with Gasteiger partial charge in [-0.2, -0.15) is 0 Å². The summed E-state index contributed by atoms with van der Waals surface area (Å²) in [5, 5.41) is 12.1. The summed E-state index contributed by atoms with van der Waals surface area (Å²) in [7, 11) is 0. The lowest BCUT2D eigenvalue weighted by Gasteiger charge is -2.36. The van der Waals surface area contributed by atoms with E-state index in [1.165, 1.54) is 0 Å². The van der Waals surface area contributed by atoms with E-state index in [2.05, 4.69) is 10.3 Å². The molecule has 2 aromatic rings. The van der Waals surface area contributed by atoms with E-state index in [9.17, 15) is 14.7 Å². The summed E-state index contributed by atoms with van der Waals surface area (Å²) in [4.78, 5) is 28.0. The van der Waals surface area contributed by atoms with Crippen molar-refractivity contribution in [2.45, 2.75) is 51.9 Å². The molecular weight excluding hydrogens is 308 g/mol. The minimum atomic E-state index is -0.887. The van der Waals surface area contributed by atoms with Gasteiger partial charge in [0.25, 0.3) is 0 Å². The Labute approximate surface area is 140 Å². The molecule has 6 heteroatoms. The number of hydrogen-bond donors (Lipinski definition) is 2. The molecule has 1 aliphatic carbocycles. The third-order valence-electron chi connectivity index (χ3n) is 4.58. The van der Waals surface area contributed by atoms with E-state index in [1.54, 1.807) is 18.2 Å². The highest BCUT2D eigenvalue weighted by molar-refractivity contribution is 5.95. The molecule has 1 aliphatic rings. The van der Waals surface area contributed by atoms with Crippen LogP contribution in [0.1, 0.15) is 52.3 Å². The Kier molecular flexibility index (Phi) is 3.86. The largest absolute Gasteiger partial charge is 0.481 e. The maximum Gasteiger partial charge on any atom is 0.310 e. The Hall–Kier alpha value is -2.37. The van der Waals surface area contributed by atoms with E-state index < -0.39 is 11.4 Å². The minimum absolute atomic E-state index is 0.00638. The average Bonchev–Trinajstić information content (AvgIpc) is 2.85. The van der Waals surface area contributed by atoms with Gasteiger partial charge in [0.05, 0.1) is 5.41 Å². The number of benzene rings is 1. The predicted octanol–water partition coefficient (Wildman–Crippen LogP) is 3.71. The molecular formula is C18H22N2O4. The summed E-state index contributed by atoms with van der Waals surface area (Å²) < 4.78 is 5.73. The molecule has 1 saturated carbocycles. The van der Waals surface area contributed by atoms with Gasteiger partial charge in [-0.25, -0.2) is 4.98 Å². The van der Waals surface area contributed by atoms with Crippen molar-refractivity contribution in [3.05, 3.63) is 24.1 Å².